The molecule has 8 heteroatoms. The van der Waals surface area contributed by atoms with Gasteiger partial charge in [0.15, 0.2) is 0 Å². The summed E-state index contributed by atoms with van der Waals surface area (Å²) in [5, 5.41) is 3.16. The smallest absolute Gasteiger partial charge is 0.252 e. The van der Waals surface area contributed by atoms with E-state index in [4.69, 9.17) is 11.6 Å². The van der Waals surface area contributed by atoms with Crippen LogP contribution in [0, 0.1) is 11.8 Å². The van der Waals surface area contributed by atoms with Crippen LogP contribution in [0.1, 0.15) is 37.0 Å². The fraction of sp³-hybridized carbons (Fsp3) is 0.611. The molecule has 6 nitrogen and oxygen atoms in total. The summed E-state index contributed by atoms with van der Waals surface area (Å²) in [5.41, 5.74) is 0.582. The predicted octanol–water partition coefficient (Wildman–Crippen LogP) is 2.81. The molecular weight excluding hydrogens is 374 g/mol. The molecular formula is C18H28ClN3O3S. The maximum Gasteiger partial charge on any atom is 0.252 e. The second-order valence-corrected chi connectivity index (χ2v) is 9.54. The summed E-state index contributed by atoms with van der Waals surface area (Å²) in [6.45, 7) is 8.30. The lowest BCUT2D eigenvalue weighted by Crippen LogP contribution is -2.40. The van der Waals surface area contributed by atoms with Crippen LogP contribution in [-0.2, 0) is 10.0 Å². The molecule has 0 spiro atoms. The minimum Gasteiger partial charge on any atom is -0.352 e. The van der Waals surface area contributed by atoms with Crippen LogP contribution < -0.4 is 10.0 Å². The Bertz CT molecular complexity index is 729. The van der Waals surface area contributed by atoms with Crippen LogP contribution >= 0.6 is 11.6 Å². The Balaban J connectivity index is 1.85. The number of piperidine rings is 1. The molecule has 1 heterocycles. The van der Waals surface area contributed by atoms with Crippen LogP contribution in [0.15, 0.2) is 18.2 Å². The van der Waals surface area contributed by atoms with Crippen LogP contribution in [0.4, 0.5) is 5.69 Å². The van der Waals surface area contributed by atoms with E-state index >= 15 is 0 Å². The number of likely N-dealkylation sites (tertiary alicyclic amines) is 1. The van der Waals surface area contributed by atoms with Crippen molar-refractivity contribution in [1.29, 1.82) is 0 Å². The Morgan fingerprint density at radius 3 is 2.54 bits per heavy atom. The fourth-order valence-corrected chi connectivity index (χ4v) is 4.31. The van der Waals surface area contributed by atoms with Gasteiger partial charge in [-0.05, 0) is 49.4 Å². The first kappa shape index (κ1) is 21.0. The van der Waals surface area contributed by atoms with E-state index in [9.17, 15) is 13.2 Å². The third-order valence-corrected chi connectivity index (χ3v) is 5.33. The van der Waals surface area contributed by atoms with E-state index < -0.39 is 10.0 Å². The number of hydrogen-bond acceptors (Lipinski definition) is 4. The van der Waals surface area contributed by atoms with Crippen molar-refractivity contribution < 1.29 is 13.2 Å². The minimum atomic E-state index is -3.41. The zero-order chi connectivity index (χ0) is 19.3. The number of halogens is 1. The molecule has 146 valence electrons. The van der Waals surface area contributed by atoms with Gasteiger partial charge in [0.1, 0.15) is 0 Å². The van der Waals surface area contributed by atoms with Crippen molar-refractivity contribution in [3.05, 3.63) is 28.8 Å². The van der Waals surface area contributed by atoms with E-state index in [1.807, 2.05) is 0 Å². The molecule has 0 aromatic heterocycles. The van der Waals surface area contributed by atoms with E-state index in [0.717, 1.165) is 44.1 Å². The molecule has 0 radical (unpaired) electrons. The lowest BCUT2D eigenvalue weighted by Gasteiger charge is -2.34. The van der Waals surface area contributed by atoms with Crippen LogP contribution in [0.3, 0.4) is 0 Å². The minimum absolute atomic E-state index is 0.264. The van der Waals surface area contributed by atoms with Gasteiger partial charge in [-0.2, -0.15) is 0 Å². The number of carbonyl (C=O) groups is 1. The third-order valence-electron chi connectivity index (χ3n) is 4.40. The van der Waals surface area contributed by atoms with Gasteiger partial charge in [0.2, 0.25) is 10.0 Å². The highest BCUT2D eigenvalue weighted by Crippen LogP contribution is 2.22. The molecule has 1 aliphatic rings. The van der Waals surface area contributed by atoms with Gasteiger partial charge < -0.3 is 10.2 Å². The van der Waals surface area contributed by atoms with E-state index in [-0.39, 0.29) is 11.5 Å². The summed E-state index contributed by atoms with van der Waals surface area (Å²) in [4.78, 5) is 14.8. The van der Waals surface area contributed by atoms with Crippen LogP contribution in [-0.4, -0.2) is 51.7 Å². The summed E-state index contributed by atoms with van der Waals surface area (Å²) >= 11 is 6.08. The number of benzene rings is 1. The Kier molecular flexibility index (Phi) is 7.32. The SMILES string of the molecule is CC1CC(C)CN(CCCNC(=O)c2cc(NS(C)(=O)=O)ccc2Cl)C1. The zero-order valence-corrected chi connectivity index (χ0v) is 17.2. The number of sulfonamides is 1. The van der Waals surface area contributed by atoms with Crippen molar-refractivity contribution in [3.63, 3.8) is 0 Å². The van der Waals surface area contributed by atoms with Gasteiger partial charge in [-0.15, -0.1) is 0 Å². The van der Waals surface area contributed by atoms with Crippen LogP contribution in [0.2, 0.25) is 5.02 Å². The maximum absolute atomic E-state index is 12.4. The molecule has 1 aromatic carbocycles. The number of amides is 1. The molecule has 2 rings (SSSR count). The highest BCUT2D eigenvalue weighted by molar-refractivity contribution is 7.92. The number of anilines is 1. The summed E-state index contributed by atoms with van der Waals surface area (Å²) in [6, 6.07) is 4.49. The van der Waals surface area contributed by atoms with Crippen molar-refractivity contribution in [1.82, 2.24) is 10.2 Å². The summed E-state index contributed by atoms with van der Waals surface area (Å²) in [6.07, 6.45) is 3.21. The number of nitrogens with one attached hydrogen (secondary N) is 2. The molecule has 2 unspecified atom stereocenters. The molecule has 2 atom stereocenters. The Hall–Kier alpha value is -1.31. The summed E-state index contributed by atoms with van der Waals surface area (Å²) in [7, 11) is -3.41. The van der Waals surface area contributed by atoms with E-state index in [0.29, 0.717) is 17.3 Å². The normalized spacial score (nSPS) is 21.4. The van der Waals surface area contributed by atoms with Gasteiger partial charge in [-0.1, -0.05) is 25.4 Å². The van der Waals surface area contributed by atoms with Gasteiger partial charge in [-0.3, -0.25) is 9.52 Å². The van der Waals surface area contributed by atoms with Crippen LogP contribution in [0.25, 0.3) is 0 Å². The van der Waals surface area contributed by atoms with Crippen LogP contribution in [0.5, 0.6) is 0 Å². The topological polar surface area (TPSA) is 78.5 Å². The van der Waals surface area contributed by atoms with Gasteiger partial charge in [0.05, 0.1) is 16.8 Å². The second kappa shape index (κ2) is 9.06. The van der Waals surface area contributed by atoms with Crippen molar-refractivity contribution >= 4 is 33.2 Å². The van der Waals surface area contributed by atoms with Crippen molar-refractivity contribution in [2.24, 2.45) is 11.8 Å². The van der Waals surface area contributed by atoms with E-state index in [2.05, 4.69) is 28.8 Å². The van der Waals surface area contributed by atoms with Gasteiger partial charge in [0.25, 0.3) is 5.91 Å². The van der Waals surface area contributed by atoms with Crippen molar-refractivity contribution in [2.45, 2.75) is 26.7 Å². The Labute approximate surface area is 161 Å². The van der Waals surface area contributed by atoms with Gasteiger partial charge >= 0.3 is 0 Å². The standard InChI is InChI=1S/C18H28ClN3O3S/c1-13-9-14(2)12-22(11-13)8-4-7-20-18(23)16-10-15(5-6-17(16)19)21-26(3,24)25/h5-6,10,13-14,21H,4,7-9,11-12H2,1-3H3,(H,20,23). The first-order valence-corrected chi connectivity index (χ1v) is 11.2. The summed E-state index contributed by atoms with van der Waals surface area (Å²) in [5.74, 6) is 1.14. The van der Waals surface area contributed by atoms with Crippen molar-refractivity contribution in [3.8, 4) is 0 Å². The molecule has 0 bridgehead atoms. The number of rotatable bonds is 7. The molecule has 0 aliphatic carbocycles. The molecule has 1 amide bonds. The quantitative estimate of drug-likeness (QED) is 0.688. The number of carbonyl (C=O) groups excluding carboxylic acids is 1. The predicted molar refractivity (Wildman–Crippen MR) is 106 cm³/mol. The van der Waals surface area contributed by atoms with Gasteiger partial charge in [0, 0.05) is 25.3 Å². The highest BCUT2D eigenvalue weighted by Gasteiger charge is 2.21. The highest BCUT2D eigenvalue weighted by atomic mass is 35.5. The molecule has 0 saturated carbocycles. The molecule has 1 fully saturated rings. The molecule has 1 aliphatic heterocycles. The van der Waals surface area contributed by atoms with Crippen molar-refractivity contribution in [2.75, 3.05) is 37.2 Å². The third kappa shape index (κ3) is 6.78. The molecule has 1 aromatic rings. The van der Waals surface area contributed by atoms with E-state index in [1.165, 1.54) is 24.6 Å². The zero-order valence-electron chi connectivity index (χ0n) is 15.6. The van der Waals surface area contributed by atoms with Gasteiger partial charge in [-0.25, -0.2) is 8.42 Å². The fourth-order valence-electron chi connectivity index (χ4n) is 3.55. The largest absolute Gasteiger partial charge is 0.352 e. The Morgan fingerprint density at radius 1 is 1.27 bits per heavy atom. The average Bonchev–Trinajstić information content (AvgIpc) is 2.51. The Morgan fingerprint density at radius 2 is 1.92 bits per heavy atom. The second-order valence-electron chi connectivity index (χ2n) is 7.38. The molecule has 26 heavy (non-hydrogen) atoms. The lowest BCUT2D eigenvalue weighted by molar-refractivity contribution is 0.0947. The average molecular weight is 402 g/mol. The number of nitrogens with zero attached hydrogens (tertiary/aromatic N) is 1. The first-order valence-electron chi connectivity index (χ1n) is 8.92. The molecule has 2 N–H and O–H groups in total. The first-order chi connectivity index (χ1) is 12.1. The summed E-state index contributed by atoms with van der Waals surface area (Å²) < 4.78 is 25.0. The molecule has 1 saturated heterocycles. The van der Waals surface area contributed by atoms with E-state index in [1.54, 1.807) is 0 Å². The maximum atomic E-state index is 12.4. The number of hydrogen-bond donors (Lipinski definition) is 2. The lowest BCUT2D eigenvalue weighted by atomic mass is 9.92. The monoisotopic (exact) mass is 401 g/mol.